The number of carbonyl (C=O) groups excluding carboxylic acids is 1. The highest BCUT2D eigenvalue weighted by Crippen LogP contribution is 2.29. The second kappa shape index (κ2) is 9.36. The van der Waals surface area contributed by atoms with Gasteiger partial charge < -0.3 is 9.15 Å². The van der Waals surface area contributed by atoms with Crippen LogP contribution in [0.4, 0.5) is 4.39 Å². The Kier molecular flexibility index (Phi) is 6.39. The molecular weight excluding hydrogens is 441 g/mol. The summed E-state index contributed by atoms with van der Waals surface area (Å²) in [5.74, 6) is 0.688. The number of ether oxygens (including phenoxy) is 1. The van der Waals surface area contributed by atoms with Crippen LogP contribution in [0.1, 0.15) is 21.7 Å². The minimum atomic E-state index is -0.589. The van der Waals surface area contributed by atoms with E-state index in [9.17, 15) is 9.18 Å². The van der Waals surface area contributed by atoms with Crippen molar-refractivity contribution in [3.63, 3.8) is 0 Å². The average Bonchev–Trinajstić information content (AvgIpc) is 3.43. The van der Waals surface area contributed by atoms with Crippen LogP contribution in [-0.4, -0.2) is 27.8 Å². The minimum absolute atomic E-state index is 0.185. The van der Waals surface area contributed by atoms with Gasteiger partial charge >= 0.3 is 5.97 Å². The molecule has 0 atom stereocenters. The van der Waals surface area contributed by atoms with Crippen molar-refractivity contribution in [1.29, 1.82) is 0 Å². The zero-order chi connectivity index (χ0) is 21.8. The van der Waals surface area contributed by atoms with Crippen molar-refractivity contribution in [2.24, 2.45) is 0 Å². The number of carbonyl (C=O) groups is 1. The lowest BCUT2D eigenvalue weighted by Gasteiger charge is -2.10. The third-order valence-corrected chi connectivity index (χ3v) is 5.81. The number of nitrogens with zero attached hydrogens (tertiary/aromatic N) is 3. The molecule has 0 saturated heterocycles. The van der Waals surface area contributed by atoms with E-state index >= 15 is 0 Å². The van der Waals surface area contributed by atoms with Crippen molar-refractivity contribution in [2.75, 3.05) is 7.11 Å². The summed E-state index contributed by atoms with van der Waals surface area (Å²) in [5.41, 5.74) is 1.68. The van der Waals surface area contributed by atoms with Gasteiger partial charge in [-0.25, -0.2) is 9.18 Å². The number of rotatable bonds is 7. The molecule has 0 saturated carbocycles. The third kappa shape index (κ3) is 4.81. The first-order valence-electron chi connectivity index (χ1n) is 9.26. The summed E-state index contributed by atoms with van der Waals surface area (Å²) in [6, 6.07) is 15.1. The monoisotopic (exact) mass is 457 g/mol. The van der Waals surface area contributed by atoms with Crippen LogP contribution in [0.2, 0.25) is 5.02 Å². The van der Waals surface area contributed by atoms with Crippen LogP contribution < -0.4 is 0 Å². The fourth-order valence-corrected chi connectivity index (χ4v) is 4.09. The van der Waals surface area contributed by atoms with Gasteiger partial charge in [0.2, 0.25) is 0 Å². The molecule has 0 aliphatic heterocycles. The van der Waals surface area contributed by atoms with Crippen LogP contribution in [-0.2, 0) is 17.0 Å². The first-order valence-corrected chi connectivity index (χ1v) is 10.6. The third-order valence-electron chi connectivity index (χ3n) is 4.55. The summed E-state index contributed by atoms with van der Waals surface area (Å²) in [6.45, 7) is 0.424. The predicted molar refractivity (Wildman–Crippen MR) is 116 cm³/mol. The normalized spacial score (nSPS) is 10.9. The molecule has 0 aliphatic carbocycles. The van der Waals surface area contributed by atoms with Gasteiger partial charge in [0.15, 0.2) is 11.0 Å². The Morgan fingerprint density at radius 2 is 2.00 bits per heavy atom. The lowest BCUT2D eigenvalue weighted by molar-refractivity contribution is 0.0599. The first kappa shape index (κ1) is 21.1. The molecule has 0 N–H and O–H groups in total. The highest BCUT2D eigenvalue weighted by atomic mass is 35.5. The Morgan fingerprint density at radius 1 is 1.19 bits per heavy atom. The smallest absolute Gasteiger partial charge is 0.338 e. The number of hydrogen-bond acceptors (Lipinski definition) is 6. The van der Waals surface area contributed by atoms with E-state index in [1.54, 1.807) is 24.5 Å². The van der Waals surface area contributed by atoms with Crippen molar-refractivity contribution in [3.05, 3.63) is 88.6 Å². The second-order valence-electron chi connectivity index (χ2n) is 6.56. The van der Waals surface area contributed by atoms with E-state index in [1.807, 2.05) is 28.8 Å². The molecule has 4 rings (SSSR count). The van der Waals surface area contributed by atoms with E-state index in [2.05, 4.69) is 10.2 Å². The number of aromatic nitrogens is 3. The summed E-state index contributed by atoms with van der Waals surface area (Å²) in [5, 5.41) is 9.94. The van der Waals surface area contributed by atoms with Crippen LogP contribution >= 0.6 is 23.4 Å². The van der Waals surface area contributed by atoms with Gasteiger partial charge in [-0.15, -0.1) is 10.2 Å². The molecule has 0 aliphatic rings. The van der Waals surface area contributed by atoms with Gasteiger partial charge in [-0.3, -0.25) is 4.57 Å². The van der Waals surface area contributed by atoms with Gasteiger partial charge in [-0.2, -0.15) is 0 Å². The Morgan fingerprint density at radius 3 is 2.71 bits per heavy atom. The number of furan rings is 1. The summed E-state index contributed by atoms with van der Waals surface area (Å²) in [6.07, 6.45) is 1.61. The summed E-state index contributed by atoms with van der Waals surface area (Å²) >= 11 is 7.39. The molecule has 0 spiro atoms. The van der Waals surface area contributed by atoms with E-state index < -0.39 is 11.8 Å². The van der Waals surface area contributed by atoms with E-state index in [0.29, 0.717) is 33.9 Å². The topological polar surface area (TPSA) is 70.2 Å². The van der Waals surface area contributed by atoms with Crippen molar-refractivity contribution in [2.45, 2.75) is 17.5 Å². The summed E-state index contributed by atoms with van der Waals surface area (Å²) in [7, 11) is 1.27. The fraction of sp³-hybridized carbons (Fsp3) is 0.136. The quantitative estimate of drug-likeness (QED) is 0.271. The average molecular weight is 458 g/mol. The molecule has 2 aromatic heterocycles. The number of benzene rings is 2. The fourth-order valence-electron chi connectivity index (χ4n) is 3.03. The van der Waals surface area contributed by atoms with Crippen LogP contribution in [0.15, 0.2) is 70.4 Å². The van der Waals surface area contributed by atoms with Crippen LogP contribution in [0.3, 0.4) is 0 Å². The van der Waals surface area contributed by atoms with Crippen LogP contribution in [0.5, 0.6) is 0 Å². The highest BCUT2D eigenvalue weighted by Gasteiger charge is 2.18. The molecule has 0 bridgehead atoms. The molecule has 0 amide bonds. The molecule has 2 heterocycles. The molecule has 2 aromatic carbocycles. The molecule has 0 fully saturated rings. The van der Waals surface area contributed by atoms with E-state index in [-0.39, 0.29) is 5.56 Å². The maximum Gasteiger partial charge on any atom is 0.338 e. The first-order chi connectivity index (χ1) is 15.0. The Hall–Kier alpha value is -3.10. The second-order valence-corrected chi connectivity index (χ2v) is 7.94. The summed E-state index contributed by atoms with van der Waals surface area (Å²) < 4.78 is 25.8. The number of methoxy groups -OCH3 is 1. The molecule has 0 radical (unpaired) electrons. The van der Waals surface area contributed by atoms with Gasteiger partial charge in [0.05, 0.1) is 25.5 Å². The van der Waals surface area contributed by atoms with Crippen molar-refractivity contribution < 1.29 is 18.3 Å². The van der Waals surface area contributed by atoms with Gasteiger partial charge in [0, 0.05) is 16.3 Å². The molecule has 158 valence electrons. The van der Waals surface area contributed by atoms with Gasteiger partial charge in [0.1, 0.15) is 11.6 Å². The molecule has 0 unspecified atom stereocenters. The summed E-state index contributed by atoms with van der Waals surface area (Å²) in [4.78, 5) is 12.0. The van der Waals surface area contributed by atoms with Crippen LogP contribution in [0, 0.1) is 5.82 Å². The molecule has 9 heteroatoms. The van der Waals surface area contributed by atoms with Crippen molar-refractivity contribution in [3.8, 4) is 11.4 Å². The lowest BCUT2D eigenvalue weighted by Crippen LogP contribution is -2.07. The van der Waals surface area contributed by atoms with E-state index in [4.69, 9.17) is 20.8 Å². The van der Waals surface area contributed by atoms with Gasteiger partial charge in [0.25, 0.3) is 0 Å². The molecule has 6 nitrogen and oxygen atoms in total. The standard InChI is InChI=1S/C22H17ClFN3O3S/c1-29-21(28)19-11-17(24)9-6-15(19)13-31-22-26-25-20(14-4-7-16(23)8-5-14)27(22)12-18-3-2-10-30-18/h2-11H,12-13H2,1H3. The van der Waals surface area contributed by atoms with Gasteiger partial charge in [-0.05, 0) is 54.1 Å². The van der Waals surface area contributed by atoms with Crippen LogP contribution in [0.25, 0.3) is 11.4 Å². The largest absolute Gasteiger partial charge is 0.467 e. The Balaban J connectivity index is 1.66. The number of esters is 1. The Bertz CT molecular complexity index is 1190. The van der Waals surface area contributed by atoms with Gasteiger partial charge in [-0.1, -0.05) is 29.4 Å². The zero-order valence-electron chi connectivity index (χ0n) is 16.4. The SMILES string of the molecule is COC(=O)c1cc(F)ccc1CSc1nnc(-c2ccc(Cl)cc2)n1Cc1ccco1. The van der Waals surface area contributed by atoms with E-state index in [1.165, 1.54) is 31.0 Å². The van der Waals surface area contributed by atoms with Crippen molar-refractivity contribution in [1.82, 2.24) is 14.8 Å². The zero-order valence-corrected chi connectivity index (χ0v) is 18.0. The molecular formula is C22H17ClFN3O3S. The maximum atomic E-state index is 13.6. The highest BCUT2D eigenvalue weighted by molar-refractivity contribution is 7.98. The number of halogens is 2. The number of hydrogen-bond donors (Lipinski definition) is 0. The van der Waals surface area contributed by atoms with E-state index in [0.717, 1.165) is 11.3 Å². The minimum Gasteiger partial charge on any atom is -0.467 e. The molecule has 4 aromatic rings. The Labute approximate surface area is 187 Å². The maximum absolute atomic E-state index is 13.6. The van der Waals surface area contributed by atoms with Crippen molar-refractivity contribution >= 4 is 29.3 Å². The molecule has 31 heavy (non-hydrogen) atoms. The number of thioether (sulfide) groups is 1. The lowest BCUT2D eigenvalue weighted by atomic mass is 10.1. The predicted octanol–water partition coefficient (Wildman–Crippen LogP) is 5.46.